The quantitative estimate of drug-likeness (QED) is 0.775. The van der Waals surface area contributed by atoms with Crippen LogP contribution in [0.2, 0.25) is 0 Å². The number of hydrogen-bond acceptors (Lipinski definition) is 3. The van der Waals surface area contributed by atoms with Gasteiger partial charge in [0, 0.05) is 31.3 Å². The lowest BCUT2D eigenvalue weighted by molar-refractivity contribution is -0.139. The summed E-state index contributed by atoms with van der Waals surface area (Å²) in [6.07, 6.45) is 1.29. The fourth-order valence-electron chi connectivity index (χ4n) is 2.62. The van der Waals surface area contributed by atoms with Crippen molar-refractivity contribution in [1.82, 2.24) is 5.32 Å². The zero-order valence-electron chi connectivity index (χ0n) is 14.6. The van der Waals surface area contributed by atoms with Gasteiger partial charge in [0.2, 0.25) is 0 Å². The second-order valence-corrected chi connectivity index (χ2v) is 6.02. The van der Waals surface area contributed by atoms with Crippen molar-refractivity contribution in [3.63, 3.8) is 0 Å². The summed E-state index contributed by atoms with van der Waals surface area (Å²) in [7, 11) is 2.00. The maximum absolute atomic E-state index is 12.4. The molecule has 5 nitrogen and oxygen atoms in total. The van der Waals surface area contributed by atoms with Crippen molar-refractivity contribution in [2.24, 2.45) is 0 Å². The SMILES string of the molecule is CCCN(C)c1ccc(C(=O)N[C@@H](Cc2ccccc2)C(=O)O)cc1. The third-order valence-corrected chi connectivity index (χ3v) is 4.02. The van der Waals surface area contributed by atoms with Gasteiger partial charge in [-0.3, -0.25) is 4.79 Å². The van der Waals surface area contributed by atoms with E-state index < -0.39 is 12.0 Å². The number of amides is 1. The molecule has 2 rings (SSSR count). The summed E-state index contributed by atoms with van der Waals surface area (Å²) in [6.45, 7) is 3.04. The third kappa shape index (κ3) is 5.35. The van der Waals surface area contributed by atoms with E-state index in [2.05, 4.69) is 17.1 Å². The van der Waals surface area contributed by atoms with Gasteiger partial charge in [-0.15, -0.1) is 0 Å². The van der Waals surface area contributed by atoms with Gasteiger partial charge in [-0.05, 0) is 36.2 Å². The number of rotatable bonds is 8. The van der Waals surface area contributed by atoms with Gasteiger partial charge in [0.05, 0.1) is 0 Å². The summed E-state index contributed by atoms with van der Waals surface area (Å²) in [4.78, 5) is 25.9. The molecule has 25 heavy (non-hydrogen) atoms. The first-order valence-corrected chi connectivity index (χ1v) is 8.40. The fourth-order valence-corrected chi connectivity index (χ4v) is 2.62. The van der Waals surface area contributed by atoms with Gasteiger partial charge in [-0.1, -0.05) is 37.3 Å². The van der Waals surface area contributed by atoms with Gasteiger partial charge < -0.3 is 15.3 Å². The van der Waals surface area contributed by atoms with Crippen molar-refractivity contribution >= 4 is 17.6 Å². The van der Waals surface area contributed by atoms with E-state index in [1.54, 1.807) is 12.1 Å². The number of carboxylic acid groups (broad SMARTS) is 1. The Morgan fingerprint density at radius 2 is 1.72 bits per heavy atom. The number of nitrogens with zero attached hydrogens (tertiary/aromatic N) is 1. The van der Waals surface area contributed by atoms with Crippen LogP contribution in [0.5, 0.6) is 0 Å². The Morgan fingerprint density at radius 3 is 2.28 bits per heavy atom. The smallest absolute Gasteiger partial charge is 0.326 e. The molecule has 0 aliphatic carbocycles. The topological polar surface area (TPSA) is 69.6 Å². The molecule has 0 radical (unpaired) electrons. The Morgan fingerprint density at radius 1 is 1.08 bits per heavy atom. The molecule has 0 aliphatic rings. The van der Waals surface area contributed by atoms with Crippen LogP contribution in [-0.4, -0.2) is 36.6 Å². The van der Waals surface area contributed by atoms with Crippen molar-refractivity contribution in [1.29, 1.82) is 0 Å². The molecule has 0 saturated heterocycles. The van der Waals surface area contributed by atoms with Gasteiger partial charge in [0.15, 0.2) is 0 Å². The molecule has 0 heterocycles. The molecule has 0 bridgehead atoms. The first-order chi connectivity index (χ1) is 12.0. The van der Waals surface area contributed by atoms with E-state index in [9.17, 15) is 14.7 Å². The van der Waals surface area contributed by atoms with Crippen LogP contribution in [0.1, 0.15) is 29.3 Å². The predicted octanol–water partition coefficient (Wildman–Crippen LogP) is 2.96. The van der Waals surface area contributed by atoms with Crippen molar-refractivity contribution in [2.45, 2.75) is 25.8 Å². The number of carboxylic acids is 1. The molecule has 0 aliphatic heterocycles. The second kappa shape index (κ2) is 8.87. The Hall–Kier alpha value is -2.82. The Balaban J connectivity index is 2.04. The molecule has 0 aromatic heterocycles. The lowest BCUT2D eigenvalue weighted by Gasteiger charge is -2.19. The second-order valence-electron chi connectivity index (χ2n) is 6.02. The van der Waals surface area contributed by atoms with E-state index >= 15 is 0 Å². The van der Waals surface area contributed by atoms with Crippen molar-refractivity contribution in [3.8, 4) is 0 Å². The minimum atomic E-state index is -1.04. The Kier molecular flexibility index (Phi) is 6.57. The molecule has 132 valence electrons. The molecule has 0 spiro atoms. The lowest BCUT2D eigenvalue weighted by atomic mass is 10.1. The van der Waals surface area contributed by atoms with E-state index in [0.717, 1.165) is 24.2 Å². The third-order valence-electron chi connectivity index (χ3n) is 4.02. The number of anilines is 1. The zero-order chi connectivity index (χ0) is 18.2. The molecular formula is C20H24N2O3. The zero-order valence-corrected chi connectivity index (χ0v) is 14.6. The minimum Gasteiger partial charge on any atom is -0.480 e. The summed E-state index contributed by atoms with van der Waals surface area (Å²) in [6, 6.07) is 15.5. The molecule has 1 amide bonds. The molecule has 1 atom stereocenters. The molecule has 2 N–H and O–H groups in total. The van der Waals surface area contributed by atoms with Crippen LogP contribution >= 0.6 is 0 Å². The summed E-state index contributed by atoms with van der Waals surface area (Å²) < 4.78 is 0. The fraction of sp³-hybridized carbons (Fsp3) is 0.300. The van der Waals surface area contributed by atoms with Gasteiger partial charge in [-0.25, -0.2) is 4.79 Å². The van der Waals surface area contributed by atoms with Crippen molar-refractivity contribution in [2.75, 3.05) is 18.5 Å². The average molecular weight is 340 g/mol. The number of aliphatic carboxylic acids is 1. The Labute approximate surface area is 148 Å². The van der Waals surface area contributed by atoms with Crippen LogP contribution in [0.15, 0.2) is 54.6 Å². The number of nitrogens with one attached hydrogen (secondary N) is 1. The normalized spacial score (nSPS) is 11.6. The van der Waals surface area contributed by atoms with Crippen LogP contribution < -0.4 is 10.2 Å². The lowest BCUT2D eigenvalue weighted by Crippen LogP contribution is -2.42. The van der Waals surface area contributed by atoms with Crippen LogP contribution in [0.25, 0.3) is 0 Å². The highest BCUT2D eigenvalue weighted by Crippen LogP contribution is 2.14. The first-order valence-electron chi connectivity index (χ1n) is 8.40. The van der Waals surface area contributed by atoms with Crippen LogP contribution in [-0.2, 0) is 11.2 Å². The summed E-state index contributed by atoms with van der Waals surface area (Å²) >= 11 is 0. The molecule has 0 saturated carbocycles. The van der Waals surface area contributed by atoms with Crippen molar-refractivity contribution in [3.05, 3.63) is 65.7 Å². The highest BCUT2D eigenvalue weighted by atomic mass is 16.4. The maximum atomic E-state index is 12.4. The highest BCUT2D eigenvalue weighted by molar-refractivity contribution is 5.96. The standard InChI is InChI=1S/C20H24N2O3/c1-3-13-22(2)17-11-9-16(10-12-17)19(23)21-18(20(24)25)14-15-7-5-4-6-8-15/h4-12,18H,3,13-14H2,1-2H3,(H,21,23)(H,24,25)/t18-/m0/s1. The van der Waals surface area contributed by atoms with Crippen LogP contribution in [0, 0.1) is 0 Å². The predicted molar refractivity (Wildman–Crippen MR) is 99.0 cm³/mol. The average Bonchev–Trinajstić information content (AvgIpc) is 2.62. The van der Waals surface area contributed by atoms with Crippen LogP contribution in [0.4, 0.5) is 5.69 Å². The molecule has 5 heteroatoms. The van der Waals surface area contributed by atoms with E-state index in [0.29, 0.717) is 5.56 Å². The highest BCUT2D eigenvalue weighted by Gasteiger charge is 2.21. The minimum absolute atomic E-state index is 0.249. The maximum Gasteiger partial charge on any atom is 0.326 e. The van der Waals surface area contributed by atoms with Gasteiger partial charge in [0.1, 0.15) is 6.04 Å². The first kappa shape index (κ1) is 18.5. The van der Waals surface area contributed by atoms with E-state index in [-0.39, 0.29) is 12.3 Å². The number of hydrogen-bond donors (Lipinski definition) is 2. The number of carbonyl (C=O) groups is 2. The van der Waals surface area contributed by atoms with E-state index in [1.165, 1.54) is 0 Å². The van der Waals surface area contributed by atoms with E-state index in [4.69, 9.17) is 0 Å². The van der Waals surface area contributed by atoms with E-state index in [1.807, 2.05) is 49.5 Å². The van der Waals surface area contributed by atoms with Gasteiger partial charge in [-0.2, -0.15) is 0 Å². The van der Waals surface area contributed by atoms with Crippen LogP contribution in [0.3, 0.4) is 0 Å². The van der Waals surface area contributed by atoms with Crippen molar-refractivity contribution < 1.29 is 14.7 Å². The van der Waals surface area contributed by atoms with Gasteiger partial charge in [0.25, 0.3) is 5.91 Å². The summed E-state index contributed by atoms with van der Waals surface area (Å²) in [5.74, 6) is -1.43. The Bertz CT molecular complexity index is 699. The van der Waals surface area contributed by atoms with Gasteiger partial charge >= 0.3 is 5.97 Å². The molecule has 2 aromatic rings. The summed E-state index contributed by atoms with van der Waals surface area (Å²) in [5, 5.41) is 12.0. The largest absolute Gasteiger partial charge is 0.480 e. The molecule has 0 unspecified atom stereocenters. The monoisotopic (exact) mass is 340 g/mol. The number of benzene rings is 2. The summed E-state index contributed by atoms with van der Waals surface area (Å²) in [5.41, 5.74) is 2.34. The molecular weight excluding hydrogens is 316 g/mol. The number of carbonyl (C=O) groups excluding carboxylic acids is 1. The molecule has 2 aromatic carbocycles. The molecule has 0 fully saturated rings.